The zero-order chi connectivity index (χ0) is 17.1. The molecule has 1 fully saturated rings. The van der Waals surface area contributed by atoms with Crippen LogP contribution >= 0.6 is 0 Å². The summed E-state index contributed by atoms with van der Waals surface area (Å²) in [7, 11) is 3.60. The second-order valence-corrected chi connectivity index (χ2v) is 6.42. The monoisotopic (exact) mass is 327 g/mol. The second kappa shape index (κ2) is 7.07. The number of benzene rings is 1. The van der Waals surface area contributed by atoms with Gasteiger partial charge in [0.2, 0.25) is 5.91 Å². The third-order valence-corrected chi connectivity index (χ3v) is 4.89. The minimum atomic E-state index is 0.189. The van der Waals surface area contributed by atoms with Crippen molar-refractivity contribution in [2.24, 2.45) is 7.05 Å². The molecule has 0 saturated carbocycles. The first kappa shape index (κ1) is 16.6. The Balaban J connectivity index is 1.69. The van der Waals surface area contributed by atoms with Crippen molar-refractivity contribution in [2.75, 3.05) is 13.7 Å². The van der Waals surface area contributed by atoms with Gasteiger partial charge in [0, 0.05) is 31.9 Å². The molecular weight excluding hydrogens is 302 g/mol. The third kappa shape index (κ3) is 3.30. The average Bonchev–Trinajstić information content (AvgIpc) is 3.21. The summed E-state index contributed by atoms with van der Waals surface area (Å²) in [5.74, 6) is 1.12. The maximum Gasteiger partial charge on any atom is 0.223 e. The Morgan fingerprint density at radius 1 is 1.38 bits per heavy atom. The molecule has 0 aliphatic carbocycles. The molecule has 1 saturated heterocycles. The smallest absolute Gasteiger partial charge is 0.223 e. The molecule has 3 rings (SSSR count). The van der Waals surface area contributed by atoms with Gasteiger partial charge in [-0.25, -0.2) is 0 Å². The normalized spacial score (nSPS) is 17.3. The van der Waals surface area contributed by atoms with Crippen LogP contribution in [0.2, 0.25) is 0 Å². The molecule has 0 unspecified atom stereocenters. The van der Waals surface area contributed by atoms with E-state index in [-0.39, 0.29) is 11.9 Å². The summed E-state index contributed by atoms with van der Waals surface area (Å²) in [5.41, 5.74) is 3.42. The lowest BCUT2D eigenvalue weighted by atomic mass is 10.0. The molecule has 1 aliphatic rings. The number of methoxy groups -OCH3 is 1. The molecule has 128 valence electrons. The van der Waals surface area contributed by atoms with Crippen molar-refractivity contribution >= 4 is 5.91 Å². The van der Waals surface area contributed by atoms with Crippen molar-refractivity contribution < 1.29 is 9.53 Å². The van der Waals surface area contributed by atoms with Crippen molar-refractivity contribution in [3.63, 3.8) is 0 Å². The zero-order valence-electron chi connectivity index (χ0n) is 14.7. The highest BCUT2D eigenvalue weighted by Gasteiger charge is 2.29. The number of carbonyl (C=O) groups excluding carboxylic acids is 1. The first-order valence-corrected chi connectivity index (χ1v) is 8.51. The van der Waals surface area contributed by atoms with Crippen molar-refractivity contribution in [2.45, 2.75) is 38.6 Å². The largest absolute Gasteiger partial charge is 0.496 e. The summed E-state index contributed by atoms with van der Waals surface area (Å²) in [5, 5.41) is 4.16. The Bertz CT molecular complexity index is 723. The topological polar surface area (TPSA) is 47.4 Å². The lowest BCUT2D eigenvalue weighted by Gasteiger charge is -2.26. The zero-order valence-corrected chi connectivity index (χ0v) is 14.7. The van der Waals surface area contributed by atoms with Crippen LogP contribution < -0.4 is 4.74 Å². The minimum absolute atomic E-state index is 0.189. The quantitative estimate of drug-likeness (QED) is 0.848. The third-order valence-electron chi connectivity index (χ3n) is 4.89. The Hall–Kier alpha value is -2.30. The predicted molar refractivity (Wildman–Crippen MR) is 92.9 cm³/mol. The van der Waals surface area contributed by atoms with E-state index in [0.717, 1.165) is 42.8 Å². The van der Waals surface area contributed by atoms with E-state index in [2.05, 4.69) is 17.2 Å². The maximum absolute atomic E-state index is 12.7. The van der Waals surface area contributed by atoms with Crippen molar-refractivity contribution in [1.82, 2.24) is 14.7 Å². The molecule has 1 aliphatic heterocycles. The summed E-state index contributed by atoms with van der Waals surface area (Å²) in [4.78, 5) is 14.8. The van der Waals surface area contributed by atoms with Crippen LogP contribution in [0.25, 0.3) is 0 Å². The maximum atomic E-state index is 12.7. The van der Waals surface area contributed by atoms with Gasteiger partial charge in [0.15, 0.2) is 0 Å². The van der Waals surface area contributed by atoms with Crippen LogP contribution in [0, 0.1) is 6.92 Å². The molecule has 2 aromatic rings. The number of carbonyl (C=O) groups is 1. The first-order chi connectivity index (χ1) is 11.6. The number of likely N-dealkylation sites (tertiary alicyclic amines) is 1. The van der Waals surface area contributed by atoms with Crippen LogP contribution in [0.5, 0.6) is 5.75 Å². The Kier molecular flexibility index (Phi) is 4.88. The van der Waals surface area contributed by atoms with E-state index in [9.17, 15) is 4.79 Å². The molecule has 24 heavy (non-hydrogen) atoms. The fourth-order valence-corrected chi connectivity index (χ4v) is 3.55. The van der Waals surface area contributed by atoms with E-state index in [1.807, 2.05) is 35.7 Å². The van der Waals surface area contributed by atoms with Gasteiger partial charge in [0.05, 0.1) is 13.2 Å². The van der Waals surface area contributed by atoms with Gasteiger partial charge >= 0.3 is 0 Å². The van der Waals surface area contributed by atoms with Crippen molar-refractivity contribution in [3.05, 3.63) is 47.3 Å². The van der Waals surface area contributed by atoms with Gasteiger partial charge in [-0.3, -0.25) is 9.48 Å². The van der Waals surface area contributed by atoms with E-state index in [1.165, 1.54) is 5.56 Å². The lowest BCUT2D eigenvalue weighted by molar-refractivity contribution is -0.132. The van der Waals surface area contributed by atoms with E-state index in [1.54, 1.807) is 13.3 Å². The number of nitrogens with zero attached hydrogens (tertiary/aromatic N) is 3. The highest BCUT2D eigenvalue weighted by Crippen LogP contribution is 2.34. The number of amides is 1. The fourth-order valence-electron chi connectivity index (χ4n) is 3.55. The standard InChI is InChI=1S/C19H25N3O2/c1-14-13-15(6-8-18(14)24-3)17-5-4-12-22(17)19(23)9-7-16-10-11-20-21(16)2/h6,8,10-11,13,17H,4-5,7,9,12H2,1-3H3/t17-/m0/s1. The van der Waals surface area contributed by atoms with Crippen LogP contribution in [0.4, 0.5) is 0 Å². The number of ether oxygens (including phenoxy) is 1. The van der Waals surface area contributed by atoms with Gasteiger partial charge in [-0.05, 0) is 49.4 Å². The average molecular weight is 327 g/mol. The number of aromatic nitrogens is 2. The van der Waals surface area contributed by atoms with Crippen LogP contribution in [0.3, 0.4) is 0 Å². The van der Waals surface area contributed by atoms with Crippen LogP contribution in [-0.2, 0) is 18.3 Å². The fraction of sp³-hybridized carbons (Fsp3) is 0.474. The number of aryl methyl sites for hydroxylation is 3. The van der Waals surface area contributed by atoms with Gasteiger partial charge in [0.25, 0.3) is 0 Å². The summed E-state index contributed by atoms with van der Waals surface area (Å²) < 4.78 is 7.17. The summed E-state index contributed by atoms with van der Waals surface area (Å²) in [6, 6.07) is 8.40. The number of rotatable bonds is 5. The van der Waals surface area contributed by atoms with E-state index < -0.39 is 0 Å². The molecule has 0 N–H and O–H groups in total. The van der Waals surface area contributed by atoms with E-state index >= 15 is 0 Å². The van der Waals surface area contributed by atoms with Crippen LogP contribution in [-0.4, -0.2) is 34.2 Å². The summed E-state index contributed by atoms with van der Waals surface area (Å²) in [6.07, 6.45) is 5.14. The Morgan fingerprint density at radius 3 is 2.88 bits per heavy atom. The van der Waals surface area contributed by atoms with E-state index in [4.69, 9.17) is 4.74 Å². The predicted octanol–water partition coefficient (Wildman–Crippen LogP) is 3.03. The SMILES string of the molecule is COc1ccc([C@@H]2CCCN2C(=O)CCc2ccnn2C)cc1C. The van der Waals surface area contributed by atoms with Crippen LogP contribution in [0.1, 0.15) is 42.1 Å². The van der Waals surface area contributed by atoms with Gasteiger partial charge in [-0.2, -0.15) is 5.10 Å². The highest BCUT2D eigenvalue weighted by atomic mass is 16.5. The Morgan fingerprint density at radius 2 is 2.21 bits per heavy atom. The molecule has 0 bridgehead atoms. The van der Waals surface area contributed by atoms with Crippen molar-refractivity contribution in [1.29, 1.82) is 0 Å². The molecule has 0 radical (unpaired) electrons. The molecule has 2 heterocycles. The molecule has 1 atom stereocenters. The van der Waals surface area contributed by atoms with E-state index in [0.29, 0.717) is 6.42 Å². The first-order valence-electron chi connectivity index (χ1n) is 8.51. The lowest BCUT2D eigenvalue weighted by Crippen LogP contribution is -2.30. The second-order valence-electron chi connectivity index (χ2n) is 6.42. The molecule has 1 amide bonds. The van der Waals surface area contributed by atoms with Gasteiger partial charge in [0.1, 0.15) is 5.75 Å². The van der Waals surface area contributed by atoms with Crippen molar-refractivity contribution in [3.8, 4) is 5.75 Å². The molecule has 5 heteroatoms. The summed E-state index contributed by atoms with van der Waals surface area (Å²) in [6.45, 7) is 2.89. The minimum Gasteiger partial charge on any atom is -0.496 e. The molecule has 1 aromatic heterocycles. The molecular formula is C19H25N3O2. The van der Waals surface area contributed by atoms with Gasteiger partial charge in [-0.15, -0.1) is 0 Å². The number of hydrogen-bond acceptors (Lipinski definition) is 3. The summed E-state index contributed by atoms with van der Waals surface area (Å²) >= 11 is 0. The Labute approximate surface area is 143 Å². The molecule has 0 spiro atoms. The molecule has 5 nitrogen and oxygen atoms in total. The van der Waals surface area contributed by atoms with Crippen LogP contribution in [0.15, 0.2) is 30.5 Å². The van der Waals surface area contributed by atoms with Gasteiger partial charge in [-0.1, -0.05) is 12.1 Å². The highest BCUT2D eigenvalue weighted by molar-refractivity contribution is 5.77. The molecule has 1 aromatic carbocycles. The van der Waals surface area contributed by atoms with Gasteiger partial charge < -0.3 is 9.64 Å². The number of hydrogen-bond donors (Lipinski definition) is 0.